The van der Waals surface area contributed by atoms with Gasteiger partial charge in [-0.05, 0) is 77.6 Å². The molecule has 3 aromatic carbocycles. The molecule has 6 aromatic rings. The highest BCUT2D eigenvalue weighted by atomic mass is 15.5. The molecule has 3 aromatic heterocycles. The minimum Gasteiger partial charge on any atom is -0.328 e. The number of hydrogen-bond donors (Lipinski definition) is 1. The van der Waals surface area contributed by atoms with Gasteiger partial charge in [-0.3, -0.25) is 4.57 Å². The van der Waals surface area contributed by atoms with Crippen molar-refractivity contribution in [3.8, 4) is 39.6 Å². The molecule has 1 aliphatic carbocycles. The van der Waals surface area contributed by atoms with Gasteiger partial charge in [0, 0.05) is 36.0 Å². The van der Waals surface area contributed by atoms with E-state index >= 15 is 0 Å². The van der Waals surface area contributed by atoms with Crippen molar-refractivity contribution in [1.29, 1.82) is 0 Å². The van der Waals surface area contributed by atoms with Crippen molar-refractivity contribution in [3.05, 3.63) is 84.4 Å². The van der Waals surface area contributed by atoms with Crippen LogP contribution in [0.15, 0.2) is 73.1 Å². The Kier molecular flexibility index (Phi) is 6.66. The van der Waals surface area contributed by atoms with Gasteiger partial charge in [-0.1, -0.05) is 62.6 Å². The Labute approximate surface area is 239 Å². The first kappa shape index (κ1) is 25.4. The van der Waals surface area contributed by atoms with E-state index in [2.05, 4.69) is 104 Å². The van der Waals surface area contributed by atoms with E-state index in [9.17, 15) is 0 Å². The van der Waals surface area contributed by atoms with Gasteiger partial charge in [0.05, 0.1) is 16.7 Å². The SMILES string of the molecule is CCCc1nc2ccc(-c3nccn3C3CCCCC3)cc2n1-c1cccc(-c2ccccc2-c2nnn[nH]2)c1C. The number of aromatic nitrogens is 8. The second kappa shape index (κ2) is 10.8. The van der Waals surface area contributed by atoms with E-state index in [1.54, 1.807) is 0 Å². The van der Waals surface area contributed by atoms with E-state index in [0.717, 1.165) is 63.5 Å². The molecule has 3 heterocycles. The number of rotatable bonds is 7. The number of aromatic amines is 1. The predicted molar refractivity (Wildman–Crippen MR) is 162 cm³/mol. The van der Waals surface area contributed by atoms with Crippen LogP contribution < -0.4 is 0 Å². The molecule has 1 aliphatic rings. The number of imidazole rings is 2. The van der Waals surface area contributed by atoms with Gasteiger partial charge in [-0.2, -0.15) is 0 Å². The van der Waals surface area contributed by atoms with Crippen LogP contribution in [0.2, 0.25) is 0 Å². The molecule has 0 saturated heterocycles. The summed E-state index contributed by atoms with van der Waals surface area (Å²) in [6.45, 7) is 4.41. The number of nitrogens with zero attached hydrogens (tertiary/aromatic N) is 7. The van der Waals surface area contributed by atoms with E-state index in [0.29, 0.717) is 11.9 Å². The summed E-state index contributed by atoms with van der Waals surface area (Å²) in [5.74, 6) is 2.77. The van der Waals surface area contributed by atoms with Gasteiger partial charge < -0.3 is 4.57 Å². The molecule has 1 N–H and O–H groups in total. The summed E-state index contributed by atoms with van der Waals surface area (Å²) < 4.78 is 4.75. The first-order valence-electron chi connectivity index (χ1n) is 14.7. The Morgan fingerprint density at radius 2 is 1.76 bits per heavy atom. The third-order valence-corrected chi connectivity index (χ3v) is 8.46. The largest absolute Gasteiger partial charge is 0.328 e. The molecule has 0 radical (unpaired) electrons. The number of hydrogen-bond acceptors (Lipinski definition) is 5. The fraction of sp³-hybridized carbons (Fsp3) is 0.303. The van der Waals surface area contributed by atoms with Crippen molar-refractivity contribution in [1.82, 2.24) is 39.7 Å². The molecule has 0 atom stereocenters. The summed E-state index contributed by atoms with van der Waals surface area (Å²) in [4.78, 5) is 9.95. The summed E-state index contributed by atoms with van der Waals surface area (Å²) in [6, 6.07) is 21.9. The van der Waals surface area contributed by atoms with Crippen LogP contribution in [0.5, 0.6) is 0 Å². The maximum atomic E-state index is 5.12. The van der Waals surface area contributed by atoms with Crippen LogP contribution >= 0.6 is 0 Å². The number of fused-ring (bicyclic) bond motifs is 1. The number of H-pyrrole nitrogens is 1. The van der Waals surface area contributed by atoms with Crippen molar-refractivity contribution in [3.63, 3.8) is 0 Å². The fourth-order valence-electron chi connectivity index (χ4n) is 6.47. The fourth-order valence-corrected chi connectivity index (χ4v) is 6.47. The minimum atomic E-state index is 0.524. The maximum Gasteiger partial charge on any atom is 0.180 e. The molecule has 206 valence electrons. The number of benzene rings is 3. The second-order valence-electron chi connectivity index (χ2n) is 11.0. The molecular weight excluding hydrogens is 508 g/mol. The summed E-state index contributed by atoms with van der Waals surface area (Å²) in [5.41, 5.74) is 8.76. The number of nitrogens with one attached hydrogen (secondary N) is 1. The molecule has 8 heteroatoms. The Morgan fingerprint density at radius 1 is 0.927 bits per heavy atom. The Hall–Kier alpha value is -4.59. The lowest BCUT2D eigenvalue weighted by atomic mass is 9.94. The van der Waals surface area contributed by atoms with Gasteiger partial charge in [0.1, 0.15) is 11.6 Å². The van der Waals surface area contributed by atoms with Gasteiger partial charge in [0.25, 0.3) is 0 Å². The molecule has 1 saturated carbocycles. The van der Waals surface area contributed by atoms with Crippen LogP contribution in [0.3, 0.4) is 0 Å². The first-order valence-corrected chi connectivity index (χ1v) is 14.7. The van der Waals surface area contributed by atoms with Gasteiger partial charge in [-0.25, -0.2) is 15.1 Å². The van der Waals surface area contributed by atoms with Crippen molar-refractivity contribution in [2.45, 2.75) is 64.8 Å². The molecule has 0 unspecified atom stereocenters. The molecule has 7 rings (SSSR count). The minimum absolute atomic E-state index is 0.524. The van der Waals surface area contributed by atoms with Crippen LogP contribution in [0, 0.1) is 6.92 Å². The van der Waals surface area contributed by atoms with Crippen LogP contribution in [0.1, 0.15) is 62.9 Å². The zero-order valence-corrected chi connectivity index (χ0v) is 23.6. The molecule has 0 aliphatic heterocycles. The van der Waals surface area contributed by atoms with Crippen molar-refractivity contribution in [2.24, 2.45) is 0 Å². The third-order valence-electron chi connectivity index (χ3n) is 8.46. The molecule has 8 nitrogen and oxygen atoms in total. The van der Waals surface area contributed by atoms with Gasteiger partial charge >= 0.3 is 0 Å². The lowest BCUT2D eigenvalue weighted by Crippen LogP contribution is -2.13. The van der Waals surface area contributed by atoms with Crippen LogP contribution in [0.4, 0.5) is 0 Å². The first-order chi connectivity index (χ1) is 20.2. The normalized spacial score (nSPS) is 14.2. The van der Waals surface area contributed by atoms with E-state index in [4.69, 9.17) is 9.97 Å². The Bertz CT molecular complexity index is 1800. The lowest BCUT2D eigenvalue weighted by Gasteiger charge is -2.24. The Morgan fingerprint density at radius 3 is 2.56 bits per heavy atom. The van der Waals surface area contributed by atoms with Crippen LogP contribution in [-0.4, -0.2) is 39.7 Å². The molecule has 0 bridgehead atoms. The van der Waals surface area contributed by atoms with Gasteiger partial charge in [0.2, 0.25) is 0 Å². The summed E-state index contributed by atoms with van der Waals surface area (Å²) in [5, 5.41) is 14.7. The molecule has 0 amide bonds. The Balaban J connectivity index is 1.38. The summed E-state index contributed by atoms with van der Waals surface area (Å²) >= 11 is 0. The van der Waals surface area contributed by atoms with Crippen molar-refractivity contribution >= 4 is 11.0 Å². The highest BCUT2D eigenvalue weighted by molar-refractivity contribution is 5.86. The quantitative estimate of drug-likeness (QED) is 0.226. The zero-order chi connectivity index (χ0) is 27.8. The molecule has 0 spiro atoms. The smallest absolute Gasteiger partial charge is 0.180 e. The standard InChI is InChI=1S/C33H34N8/c1-3-10-31-35-28-18-17-23(33-34-19-20-40(33)24-11-5-4-6-12-24)21-30(28)41(31)29-16-9-15-25(22(29)2)26-13-7-8-14-27(26)32-36-38-39-37-32/h7-9,13-21,24H,3-6,10-12H2,1-2H3,(H,36,37,38,39). The van der Waals surface area contributed by atoms with Crippen LogP contribution in [0.25, 0.3) is 50.6 Å². The van der Waals surface area contributed by atoms with E-state index in [1.807, 2.05) is 12.3 Å². The van der Waals surface area contributed by atoms with Crippen LogP contribution in [-0.2, 0) is 6.42 Å². The van der Waals surface area contributed by atoms with E-state index in [1.165, 1.54) is 37.7 Å². The average Bonchev–Trinajstić information content (AvgIpc) is 3.78. The van der Waals surface area contributed by atoms with Crippen molar-refractivity contribution in [2.75, 3.05) is 0 Å². The van der Waals surface area contributed by atoms with E-state index in [-0.39, 0.29) is 0 Å². The summed E-state index contributed by atoms with van der Waals surface area (Å²) in [6.07, 6.45) is 12.4. The lowest BCUT2D eigenvalue weighted by molar-refractivity contribution is 0.355. The monoisotopic (exact) mass is 542 g/mol. The van der Waals surface area contributed by atoms with E-state index < -0.39 is 0 Å². The van der Waals surface area contributed by atoms with Gasteiger partial charge in [0.15, 0.2) is 5.82 Å². The number of aryl methyl sites for hydroxylation is 1. The number of tetrazole rings is 1. The highest BCUT2D eigenvalue weighted by Crippen LogP contribution is 2.37. The summed E-state index contributed by atoms with van der Waals surface area (Å²) in [7, 11) is 0. The molecular formula is C33H34N8. The predicted octanol–water partition coefficient (Wildman–Crippen LogP) is 7.50. The average molecular weight is 543 g/mol. The molecule has 41 heavy (non-hydrogen) atoms. The topological polar surface area (TPSA) is 90.1 Å². The second-order valence-corrected chi connectivity index (χ2v) is 11.0. The van der Waals surface area contributed by atoms with Crippen molar-refractivity contribution < 1.29 is 0 Å². The third kappa shape index (κ3) is 4.53. The zero-order valence-electron chi connectivity index (χ0n) is 23.6. The highest BCUT2D eigenvalue weighted by Gasteiger charge is 2.21. The molecule has 1 fully saturated rings. The van der Waals surface area contributed by atoms with Gasteiger partial charge in [-0.15, -0.1) is 5.10 Å². The maximum absolute atomic E-state index is 5.12.